The molecule has 6 aliphatic rings. The van der Waals surface area contributed by atoms with Gasteiger partial charge in [0.25, 0.3) is 11.8 Å². The van der Waals surface area contributed by atoms with E-state index >= 15 is 0 Å². The molecule has 6 aliphatic heterocycles. The molecule has 0 radical (unpaired) electrons. The second kappa shape index (κ2) is 25.5. The van der Waals surface area contributed by atoms with Gasteiger partial charge in [-0.15, -0.1) is 0 Å². The summed E-state index contributed by atoms with van der Waals surface area (Å²) in [5, 5.41) is 34.3. The number of carboxylic acid groups (broad SMARTS) is 1. The fraction of sp³-hybridized carbons (Fsp3) is 0.590. The summed E-state index contributed by atoms with van der Waals surface area (Å²) in [6.07, 6.45) is 11.8. The van der Waals surface area contributed by atoms with E-state index in [2.05, 4.69) is 65.8 Å². The number of allylic oxidation sites excluding steroid dienone is 8. The first-order chi connectivity index (χ1) is 37.7. The molecule has 79 heavy (non-hydrogen) atoms. The molecule has 2 aromatic carbocycles. The summed E-state index contributed by atoms with van der Waals surface area (Å²) in [5.41, 5.74) is 5.23. The number of amides is 4. The van der Waals surface area contributed by atoms with Crippen molar-refractivity contribution < 1.29 is 67.7 Å². The Morgan fingerprint density at radius 3 is 1.53 bits per heavy atom. The number of ether oxygens (including phenoxy) is 6. The highest BCUT2D eigenvalue weighted by atomic mass is 16.6. The number of rotatable bonds is 20. The number of nitrogens with zero attached hydrogens (tertiary/aromatic N) is 4. The number of carbonyl (C=O) groups excluding carboxylic acids is 4. The fourth-order valence-corrected chi connectivity index (χ4v) is 11.4. The van der Waals surface area contributed by atoms with Gasteiger partial charge >= 0.3 is 18.2 Å². The molecule has 0 aliphatic carbocycles. The van der Waals surface area contributed by atoms with E-state index < -0.39 is 53.5 Å². The van der Waals surface area contributed by atoms with Crippen LogP contribution < -0.4 is 18.9 Å². The summed E-state index contributed by atoms with van der Waals surface area (Å²) in [7, 11) is 0. The molecule has 0 aromatic heterocycles. The van der Waals surface area contributed by atoms with E-state index in [1.807, 2.05) is 13.8 Å². The molecule has 8 rings (SSSR count). The van der Waals surface area contributed by atoms with Crippen molar-refractivity contribution in [2.24, 2.45) is 0 Å². The average molecular weight is 1100 g/mol. The molecule has 18 nitrogen and oxygen atoms in total. The van der Waals surface area contributed by atoms with Crippen LogP contribution in [0.3, 0.4) is 0 Å². The van der Waals surface area contributed by atoms with Crippen molar-refractivity contribution in [3.05, 3.63) is 92.1 Å². The number of morpholine rings is 2. The molecule has 6 heterocycles. The highest BCUT2D eigenvalue weighted by Gasteiger charge is 2.48. The number of carboxylic acids is 1. The highest BCUT2D eigenvalue weighted by molar-refractivity contribution is 6.02. The van der Waals surface area contributed by atoms with E-state index in [-0.39, 0.29) is 73.9 Å². The van der Waals surface area contributed by atoms with Crippen molar-refractivity contribution in [1.29, 1.82) is 0 Å². The maximum absolute atomic E-state index is 14.6. The van der Waals surface area contributed by atoms with Gasteiger partial charge in [-0.1, -0.05) is 46.6 Å². The number of hydrogen-bond acceptors (Lipinski definition) is 13. The molecule has 0 bridgehead atoms. The largest absolute Gasteiger partial charge is 0.484 e. The van der Waals surface area contributed by atoms with Gasteiger partial charge in [-0.25, -0.2) is 14.4 Å². The molecule has 18 heteroatoms. The van der Waals surface area contributed by atoms with Crippen molar-refractivity contribution >= 4 is 30.0 Å². The zero-order chi connectivity index (χ0) is 56.8. The van der Waals surface area contributed by atoms with Crippen LogP contribution in [0.2, 0.25) is 0 Å². The van der Waals surface area contributed by atoms with E-state index in [9.17, 15) is 39.3 Å². The number of benzene rings is 2. The van der Waals surface area contributed by atoms with Crippen LogP contribution in [0, 0.1) is 0 Å². The van der Waals surface area contributed by atoms with Gasteiger partial charge in [0.1, 0.15) is 40.2 Å². The number of hydrogen-bond donors (Lipinski definition) is 3. The zero-order valence-corrected chi connectivity index (χ0v) is 47.6. The maximum Gasteiger partial charge on any atom is 0.415 e. The Morgan fingerprint density at radius 2 is 1.09 bits per heavy atom. The molecule has 0 spiro atoms. The molecular formula is C61H82N4O14. The van der Waals surface area contributed by atoms with Crippen molar-refractivity contribution in [1.82, 2.24) is 19.6 Å². The lowest BCUT2D eigenvalue weighted by atomic mass is 9.84. The summed E-state index contributed by atoms with van der Waals surface area (Å²) in [6, 6.07) is 1.70. The molecule has 2 fully saturated rings. The van der Waals surface area contributed by atoms with Gasteiger partial charge < -0.3 is 63.3 Å². The topological polar surface area (TPSA) is 214 Å². The third-order valence-electron chi connectivity index (χ3n) is 16.4. The van der Waals surface area contributed by atoms with Crippen LogP contribution >= 0.6 is 0 Å². The minimum atomic E-state index is -1.32. The molecular weight excluding hydrogens is 1010 g/mol. The molecule has 0 unspecified atom stereocenters. The van der Waals surface area contributed by atoms with Crippen LogP contribution in [0.25, 0.3) is 0 Å². The minimum absolute atomic E-state index is 0.0185. The first kappa shape index (κ1) is 58.9. The second-order valence-electron chi connectivity index (χ2n) is 23.1. The summed E-state index contributed by atoms with van der Waals surface area (Å²) in [6.45, 7) is 19.0. The number of aliphatic hydroxyl groups is 2. The number of carbonyl (C=O) groups is 5. The quantitative estimate of drug-likeness (QED) is 0.105. The van der Waals surface area contributed by atoms with Gasteiger partial charge in [0, 0.05) is 67.8 Å². The summed E-state index contributed by atoms with van der Waals surface area (Å²) in [4.78, 5) is 75.4. The van der Waals surface area contributed by atoms with Crippen LogP contribution in [-0.2, 0) is 40.2 Å². The van der Waals surface area contributed by atoms with Gasteiger partial charge in [0.2, 0.25) is 0 Å². The van der Waals surface area contributed by atoms with E-state index in [0.29, 0.717) is 112 Å². The van der Waals surface area contributed by atoms with Crippen LogP contribution in [0.1, 0.15) is 163 Å². The summed E-state index contributed by atoms with van der Waals surface area (Å²) in [5.74, 6) is -1.28. The van der Waals surface area contributed by atoms with Gasteiger partial charge in [-0.2, -0.15) is 0 Å². The lowest BCUT2D eigenvalue weighted by Gasteiger charge is -2.41. The van der Waals surface area contributed by atoms with Gasteiger partial charge in [-0.05, 0) is 132 Å². The lowest BCUT2D eigenvalue weighted by molar-refractivity contribution is -0.142. The van der Waals surface area contributed by atoms with E-state index in [1.165, 1.54) is 43.1 Å². The fourth-order valence-electron chi connectivity index (χ4n) is 11.4. The van der Waals surface area contributed by atoms with Crippen LogP contribution in [0.15, 0.2) is 58.7 Å². The first-order valence-corrected chi connectivity index (χ1v) is 28.3. The molecule has 3 N–H and O–H groups in total. The van der Waals surface area contributed by atoms with E-state index in [0.717, 1.165) is 25.7 Å². The Kier molecular flexibility index (Phi) is 19.0. The third kappa shape index (κ3) is 13.7. The highest BCUT2D eigenvalue weighted by Crippen LogP contribution is 2.49. The molecule has 2 saturated heterocycles. The van der Waals surface area contributed by atoms with Crippen LogP contribution in [0.5, 0.6) is 23.0 Å². The van der Waals surface area contributed by atoms with Crippen molar-refractivity contribution in [3.8, 4) is 23.0 Å². The second-order valence-corrected chi connectivity index (χ2v) is 23.1. The van der Waals surface area contributed by atoms with Crippen molar-refractivity contribution in [2.45, 2.75) is 175 Å². The lowest BCUT2D eigenvalue weighted by Crippen LogP contribution is -2.49. The Bertz CT molecular complexity index is 2760. The van der Waals surface area contributed by atoms with E-state index in [4.69, 9.17) is 28.4 Å². The van der Waals surface area contributed by atoms with Crippen LogP contribution in [0.4, 0.5) is 9.59 Å². The molecule has 4 amide bonds. The van der Waals surface area contributed by atoms with Gasteiger partial charge in [0.15, 0.2) is 0 Å². The predicted molar refractivity (Wildman–Crippen MR) is 296 cm³/mol. The number of aliphatic carboxylic acids is 1. The van der Waals surface area contributed by atoms with Crippen molar-refractivity contribution in [3.63, 3.8) is 0 Å². The van der Waals surface area contributed by atoms with Gasteiger partial charge in [0.05, 0.1) is 62.9 Å². The number of aliphatic hydroxyl groups excluding tert-OH is 2. The summed E-state index contributed by atoms with van der Waals surface area (Å²) < 4.78 is 36.5. The Balaban J connectivity index is 1.01. The third-order valence-corrected chi connectivity index (χ3v) is 16.4. The number of fused-ring (bicyclic) bond motifs is 6. The maximum atomic E-state index is 14.6. The molecule has 2 aromatic rings. The summed E-state index contributed by atoms with van der Waals surface area (Å²) >= 11 is 0. The monoisotopic (exact) mass is 1090 g/mol. The van der Waals surface area contributed by atoms with Gasteiger partial charge in [-0.3, -0.25) is 9.59 Å². The SMILES string of the molecule is CC(C)=CCC/C(C)=C/CC[C@@]1(C)Oc2c(c(OC(=O)N3CCOCC3)cc3c2CN(CCC[C@@H](C(=O)O)N2Cc4c(cc(OC(=O)N5CCOCC5)c5c4O[C@](C)(CC/C=C(\C)CCC=C(C)C)[C@@H](O)C5)C2=O)C3=O)C[C@@H]1O. The average Bonchev–Trinajstić information content (AvgIpc) is 3.98. The molecule has 5 atom stereocenters. The minimum Gasteiger partial charge on any atom is -0.484 e. The zero-order valence-electron chi connectivity index (χ0n) is 47.6. The normalized spacial score (nSPS) is 23.2. The molecule has 430 valence electrons. The Morgan fingerprint density at radius 1 is 0.646 bits per heavy atom. The molecule has 0 saturated carbocycles. The van der Waals surface area contributed by atoms with E-state index in [1.54, 1.807) is 11.0 Å². The first-order valence-electron chi connectivity index (χ1n) is 28.3. The van der Waals surface area contributed by atoms with Crippen molar-refractivity contribution in [2.75, 3.05) is 59.2 Å². The smallest absolute Gasteiger partial charge is 0.415 e. The Hall–Kier alpha value is -6.21. The standard InChI is InChI=1S/C61H82N4O14/c1-38(2)14-9-16-40(5)18-11-21-60(7)51(66)34-44-49(76-58(72)62-24-28-74-29-25-62)32-42-46(53(44)78-60)36-64(55(42)68)23-13-20-48(57(70)71)65-37-47-43(56(65)69)33-50(77-59(73)63-26-30-75-31-27-63)45-35-52(67)61(8,79-54(45)47)22-12-19-41(6)17-10-15-39(3)4/h14-15,18-19,32-33,48,51-52,66-67H,9-13,16-17,20-31,34-37H2,1-8H3,(H,70,71)/b40-18+,41-19+/t48-,51-,52-,60+,61+/m0/s1. The Labute approximate surface area is 464 Å². The predicted octanol–water partition coefficient (Wildman–Crippen LogP) is 9.25. The van der Waals surface area contributed by atoms with Crippen LogP contribution in [-0.4, -0.2) is 153 Å².